The second-order valence-electron chi connectivity index (χ2n) is 6.16. The van der Waals surface area contributed by atoms with Crippen LogP contribution in [0.4, 0.5) is 0 Å². The fourth-order valence-corrected chi connectivity index (χ4v) is 2.84. The minimum atomic E-state index is -0.0705. The molecule has 0 aliphatic heterocycles. The lowest BCUT2D eigenvalue weighted by atomic mass is 10.2. The molecule has 134 valence electrons. The highest BCUT2D eigenvalue weighted by Crippen LogP contribution is 2.14. The van der Waals surface area contributed by atoms with Crippen LogP contribution in [0.5, 0.6) is 0 Å². The first kappa shape index (κ1) is 18.0. The number of fused-ring (bicyclic) bond motifs is 1. The van der Waals surface area contributed by atoms with Gasteiger partial charge in [-0.05, 0) is 42.7 Å². The summed E-state index contributed by atoms with van der Waals surface area (Å²) in [7, 11) is 1.69. The molecule has 0 fully saturated rings. The van der Waals surface area contributed by atoms with Gasteiger partial charge in [0.2, 0.25) is 0 Å². The van der Waals surface area contributed by atoms with Gasteiger partial charge in [0.05, 0.1) is 0 Å². The van der Waals surface area contributed by atoms with Crippen LogP contribution in [0.25, 0.3) is 11.0 Å². The molecule has 2 heterocycles. The fourth-order valence-electron chi connectivity index (χ4n) is 2.84. The third-order valence-corrected chi connectivity index (χ3v) is 4.21. The Hall–Kier alpha value is -2.79. The highest BCUT2D eigenvalue weighted by Gasteiger charge is 2.18. The van der Waals surface area contributed by atoms with Gasteiger partial charge in [0.15, 0.2) is 5.65 Å². The summed E-state index contributed by atoms with van der Waals surface area (Å²) >= 11 is 0. The van der Waals surface area contributed by atoms with E-state index in [1.165, 1.54) is 0 Å². The Morgan fingerprint density at radius 1 is 1.04 bits per heavy atom. The number of rotatable bonds is 8. The summed E-state index contributed by atoms with van der Waals surface area (Å²) in [5.74, 6) is -0.0705. The second kappa shape index (κ2) is 9.06. The van der Waals surface area contributed by atoms with Gasteiger partial charge in [0.25, 0.3) is 5.91 Å². The minimum Gasteiger partial charge on any atom is -0.385 e. The number of carbonyl (C=O) groups excluding carboxylic acids is 1. The van der Waals surface area contributed by atoms with Crippen LogP contribution in [0.2, 0.25) is 0 Å². The molecule has 0 unspecified atom stereocenters. The fraction of sp³-hybridized carbons (Fsp3) is 0.286. The zero-order chi connectivity index (χ0) is 18.2. The van der Waals surface area contributed by atoms with Gasteiger partial charge in [0, 0.05) is 38.4 Å². The lowest BCUT2D eigenvalue weighted by molar-refractivity contribution is 0.0729. The van der Waals surface area contributed by atoms with Gasteiger partial charge >= 0.3 is 0 Å². The summed E-state index contributed by atoms with van der Waals surface area (Å²) in [4.78, 5) is 23.6. The highest BCUT2D eigenvalue weighted by molar-refractivity contribution is 5.94. The molecule has 0 saturated heterocycles. The van der Waals surface area contributed by atoms with Gasteiger partial charge in [0.1, 0.15) is 5.69 Å². The quantitative estimate of drug-likeness (QED) is 0.582. The Balaban J connectivity index is 1.79. The normalized spacial score (nSPS) is 10.8. The van der Waals surface area contributed by atoms with E-state index in [1.807, 2.05) is 53.4 Å². The molecule has 26 heavy (non-hydrogen) atoms. The van der Waals surface area contributed by atoms with Crippen molar-refractivity contribution in [3.63, 3.8) is 0 Å². The van der Waals surface area contributed by atoms with Crippen LogP contribution in [-0.2, 0) is 11.3 Å². The Morgan fingerprint density at radius 2 is 1.88 bits per heavy atom. The number of carbonyl (C=O) groups is 1. The number of aromatic nitrogens is 2. The molecule has 0 N–H and O–H groups in total. The monoisotopic (exact) mass is 349 g/mol. The van der Waals surface area contributed by atoms with Crippen molar-refractivity contribution in [3.05, 3.63) is 72.1 Å². The topological polar surface area (TPSA) is 55.3 Å². The predicted molar refractivity (Wildman–Crippen MR) is 102 cm³/mol. The van der Waals surface area contributed by atoms with Gasteiger partial charge in [-0.2, -0.15) is 0 Å². The van der Waals surface area contributed by atoms with E-state index >= 15 is 0 Å². The van der Waals surface area contributed by atoms with Gasteiger partial charge in [-0.25, -0.2) is 9.97 Å². The van der Waals surface area contributed by atoms with E-state index < -0.39 is 0 Å². The lowest BCUT2D eigenvalue weighted by Gasteiger charge is -2.22. The average Bonchev–Trinajstić information content (AvgIpc) is 2.70. The molecule has 0 saturated carbocycles. The van der Waals surface area contributed by atoms with E-state index in [2.05, 4.69) is 9.97 Å². The van der Waals surface area contributed by atoms with Crippen molar-refractivity contribution in [2.75, 3.05) is 20.3 Å². The number of benzene rings is 1. The molecule has 5 nitrogen and oxygen atoms in total. The molecule has 0 aliphatic rings. The molecule has 3 rings (SSSR count). The zero-order valence-corrected chi connectivity index (χ0v) is 15.0. The van der Waals surface area contributed by atoms with Crippen molar-refractivity contribution in [3.8, 4) is 0 Å². The molecule has 3 aromatic rings. The Bertz CT molecular complexity index is 852. The number of amides is 1. The number of nitrogens with zero attached hydrogens (tertiary/aromatic N) is 3. The average molecular weight is 349 g/mol. The Morgan fingerprint density at radius 3 is 2.69 bits per heavy atom. The van der Waals surface area contributed by atoms with Crippen LogP contribution in [0, 0.1) is 0 Å². The number of pyridine rings is 2. The third kappa shape index (κ3) is 4.64. The Kier molecular flexibility index (Phi) is 6.28. The van der Waals surface area contributed by atoms with Crippen LogP contribution in [0.3, 0.4) is 0 Å². The number of hydrogen-bond donors (Lipinski definition) is 0. The van der Waals surface area contributed by atoms with E-state index in [-0.39, 0.29) is 5.91 Å². The molecule has 1 amide bonds. The van der Waals surface area contributed by atoms with Gasteiger partial charge in [-0.15, -0.1) is 0 Å². The molecular formula is C21H23N3O2. The third-order valence-electron chi connectivity index (χ3n) is 4.21. The van der Waals surface area contributed by atoms with Crippen molar-refractivity contribution in [2.45, 2.75) is 19.4 Å². The second-order valence-corrected chi connectivity index (χ2v) is 6.16. The van der Waals surface area contributed by atoms with Crippen LogP contribution in [0.1, 0.15) is 28.9 Å². The molecule has 0 spiro atoms. The van der Waals surface area contributed by atoms with Crippen molar-refractivity contribution < 1.29 is 9.53 Å². The van der Waals surface area contributed by atoms with Crippen LogP contribution < -0.4 is 0 Å². The first-order valence-electron chi connectivity index (χ1n) is 8.82. The molecular weight excluding hydrogens is 326 g/mol. The Labute approximate surface area is 153 Å². The first-order valence-corrected chi connectivity index (χ1v) is 8.82. The van der Waals surface area contributed by atoms with Crippen molar-refractivity contribution in [1.82, 2.24) is 14.9 Å². The molecule has 2 aromatic heterocycles. The summed E-state index contributed by atoms with van der Waals surface area (Å²) in [5, 5.41) is 0.929. The predicted octanol–water partition coefficient (Wildman–Crippen LogP) is 3.70. The number of hydrogen-bond acceptors (Lipinski definition) is 4. The zero-order valence-electron chi connectivity index (χ0n) is 15.0. The van der Waals surface area contributed by atoms with E-state index in [9.17, 15) is 4.79 Å². The largest absolute Gasteiger partial charge is 0.385 e. The van der Waals surface area contributed by atoms with Gasteiger partial charge < -0.3 is 9.64 Å². The van der Waals surface area contributed by atoms with Crippen LogP contribution in [0.15, 0.2) is 60.8 Å². The van der Waals surface area contributed by atoms with Gasteiger partial charge in [-0.1, -0.05) is 30.3 Å². The van der Waals surface area contributed by atoms with Gasteiger partial charge in [-0.3, -0.25) is 4.79 Å². The molecule has 0 bridgehead atoms. The standard InChI is InChI=1S/C21H23N3O2/c1-26-15-6-5-14-24(16-17-8-3-2-4-9-17)21(25)19-12-11-18-10-7-13-22-20(18)23-19/h2-4,7-13H,5-6,14-16H2,1H3. The molecule has 5 heteroatoms. The molecule has 0 radical (unpaired) electrons. The van der Waals surface area contributed by atoms with E-state index in [4.69, 9.17) is 4.74 Å². The summed E-state index contributed by atoms with van der Waals surface area (Å²) in [5.41, 5.74) is 2.13. The molecule has 0 atom stereocenters. The summed E-state index contributed by atoms with van der Waals surface area (Å²) in [6, 6.07) is 17.5. The molecule has 1 aromatic carbocycles. The SMILES string of the molecule is COCCCCN(Cc1ccccc1)C(=O)c1ccc2cccnc2n1. The summed E-state index contributed by atoms with van der Waals surface area (Å²) in [6.07, 6.45) is 3.50. The first-order chi connectivity index (χ1) is 12.8. The van der Waals surface area contributed by atoms with E-state index in [0.29, 0.717) is 31.0 Å². The van der Waals surface area contributed by atoms with Crippen LogP contribution >= 0.6 is 0 Å². The summed E-state index contributed by atoms with van der Waals surface area (Å²) in [6.45, 7) is 1.93. The minimum absolute atomic E-state index is 0.0705. The van der Waals surface area contributed by atoms with E-state index in [1.54, 1.807) is 19.4 Å². The van der Waals surface area contributed by atoms with E-state index in [0.717, 1.165) is 23.8 Å². The summed E-state index contributed by atoms with van der Waals surface area (Å²) < 4.78 is 5.11. The maximum Gasteiger partial charge on any atom is 0.272 e. The van der Waals surface area contributed by atoms with Crippen molar-refractivity contribution >= 4 is 16.9 Å². The smallest absolute Gasteiger partial charge is 0.272 e. The number of ether oxygens (including phenoxy) is 1. The maximum absolute atomic E-state index is 13.1. The van der Waals surface area contributed by atoms with Crippen molar-refractivity contribution in [1.29, 1.82) is 0 Å². The number of unbranched alkanes of at least 4 members (excludes halogenated alkanes) is 1. The highest BCUT2D eigenvalue weighted by atomic mass is 16.5. The maximum atomic E-state index is 13.1. The lowest BCUT2D eigenvalue weighted by Crippen LogP contribution is -2.32. The molecule has 0 aliphatic carbocycles. The van der Waals surface area contributed by atoms with Crippen LogP contribution in [-0.4, -0.2) is 41.0 Å². The number of methoxy groups -OCH3 is 1. The van der Waals surface area contributed by atoms with Crippen molar-refractivity contribution in [2.24, 2.45) is 0 Å².